The average Bonchev–Trinajstić information content (AvgIpc) is 2.44. The van der Waals surface area contributed by atoms with Crippen molar-refractivity contribution in [3.63, 3.8) is 0 Å². The molecule has 2 atom stereocenters. The van der Waals surface area contributed by atoms with Crippen LogP contribution in [0.25, 0.3) is 0 Å². The van der Waals surface area contributed by atoms with Crippen LogP contribution >= 0.6 is 11.6 Å². The smallest absolute Gasteiger partial charge is 0.0410 e. The van der Waals surface area contributed by atoms with Gasteiger partial charge in [-0.25, -0.2) is 0 Å². The van der Waals surface area contributed by atoms with Crippen molar-refractivity contribution in [2.75, 3.05) is 5.32 Å². The molecule has 2 unspecified atom stereocenters. The van der Waals surface area contributed by atoms with Crippen LogP contribution in [0.2, 0.25) is 5.02 Å². The molecule has 0 saturated carbocycles. The number of halogens is 1. The van der Waals surface area contributed by atoms with E-state index in [4.69, 9.17) is 17.3 Å². The van der Waals surface area contributed by atoms with E-state index < -0.39 is 0 Å². The van der Waals surface area contributed by atoms with Gasteiger partial charge in [-0.1, -0.05) is 11.6 Å². The van der Waals surface area contributed by atoms with Crippen molar-refractivity contribution in [3.8, 4) is 0 Å². The third-order valence-electron chi connectivity index (χ3n) is 2.55. The Bertz CT molecular complexity index is 336. The minimum Gasteiger partial charge on any atom is -0.382 e. The van der Waals surface area contributed by atoms with Crippen molar-refractivity contribution in [2.45, 2.75) is 31.8 Å². The minimum absolute atomic E-state index is 0.247. The standard InChI is InChI=1S/C11H15ClN2/c1-7(13)4-10-6-8-5-9(12)2-3-11(8)14-10/h2-3,5,7,10,14H,4,6,13H2,1H3. The molecule has 0 radical (unpaired) electrons. The van der Waals surface area contributed by atoms with Gasteiger partial charge in [-0.2, -0.15) is 0 Å². The van der Waals surface area contributed by atoms with E-state index in [9.17, 15) is 0 Å². The molecule has 14 heavy (non-hydrogen) atoms. The predicted octanol–water partition coefficient (Wildman–Crippen LogP) is 2.41. The molecule has 1 heterocycles. The lowest BCUT2D eigenvalue weighted by atomic mass is 10.0. The van der Waals surface area contributed by atoms with E-state index in [1.54, 1.807) is 0 Å². The van der Waals surface area contributed by atoms with Gasteiger partial charge in [-0.3, -0.25) is 0 Å². The van der Waals surface area contributed by atoms with Crippen molar-refractivity contribution in [1.82, 2.24) is 0 Å². The number of benzene rings is 1. The number of hydrogen-bond donors (Lipinski definition) is 2. The summed E-state index contributed by atoms with van der Waals surface area (Å²) in [4.78, 5) is 0. The van der Waals surface area contributed by atoms with Crippen molar-refractivity contribution in [2.24, 2.45) is 5.73 Å². The van der Waals surface area contributed by atoms with E-state index in [0.717, 1.165) is 17.9 Å². The van der Waals surface area contributed by atoms with Crippen LogP contribution in [0, 0.1) is 0 Å². The van der Waals surface area contributed by atoms with E-state index in [2.05, 4.69) is 5.32 Å². The molecule has 2 nitrogen and oxygen atoms in total. The molecule has 1 aliphatic heterocycles. The number of nitrogens with one attached hydrogen (secondary N) is 1. The van der Waals surface area contributed by atoms with Crippen molar-refractivity contribution >= 4 is 17.3 Å². The van der Waals surface area contributed by atoms with E-state index in [1.807, 2.05) is 25.1 Å². The lowest BCUT2D eigenvalue weighted by Gasteiger charge is -2.13. The summed E-state index contributed by atoms with van der Waals surface area (Å²) in [6.07, 6.45) is 2.05. The summed E-state index contributed by atoms with van der Waals surface area (Å²) in [7, 11) is 0. The topological polar surface area (TPSA) is 38.0 Å². The summed E-state index contributed by atoms with van der Waals surface area (Å²) in [6.45, 7) is 2.04. The molecule has 1 aromatic rings. The maximum absolute atomic E-state index is 5.92. The van der Waals surface area contributed by atoms with Gasteiger partial charge in [-0.05, 0) is 43.5 Å². The number of hydrogen-bond acceptors (Lipinski definition) is 2. The lowest BCUT2D eigenvalue weighted by molar-refractivity contribution is 0.587. The van der Waals surface area contributed by atoms with E-state index in [-0.39, 0.29) is 6.04 Å². The van der Waals surface area contributed by atoms with Gasteiger partial charge in [0.25, 0.3) is 0 Å². The fraction of sp³-hybridized carbons (Fsp3) is 0.455. The highest BCUT2D eigenvalue weighted by Crippen LogP contribution is 2.29. The van der Waals surface area contributed by atoms with Gasteiger partial charge in [0.1, 0.15) is 0 Å². The fourth-order valence-corrected chi connectivity index (χ4v) is 2.19. The van der Waals surface area contributed by atoms with Gasteiger partial charge in [0, 0.05) is 22.8 Å². The van der Waals surface area contributed by atoms with Crippen LogP contribution < -0.4 is 11.1 Å². The molecule has 0 amide bonds. The van der Waals surface area contributed by atoms with Crippen LogP contribution in [-0.4, -0.2) is 12.1 Å². The van der Waals surface area contributed by atoms with Gasteiger partial charge in [0.05, 0.1) is 0 Å². The number of fused-ring (bicyclic) bond motifs is 1. The Morgan fingerprint density at radius 2 is 2.43 bits per heavy atom. The highest BCUT2D eigenvalue weighted by Gasteiger charge is 2.21. The molecule has 76 valence electrons. The number of anilines is 1. The number of nitrogens with two attached hydrogens (primary N) is 1. The lowest BCUT2D eigenvalue weighted by Crippen LogP contribution is -2.26. The fourth-order valence-electron chi connectivity index (χ4n) is 2.00. The summed E-state index contributed by atoms with van der Waals surface area (Å²) in [5.74, 6) is 0. The zero-order valence-corrected chi connectivity index (χ0v) is 9.01. The summed E-state index contributed by atoms with van der Waals surface area (Å²) in [6, 6.07) is 6.71. The third kappa shape index (κ3) is 2.02. The van der Waals surface area contributed by atoms with Gasteiger partial charge in [-0.15, -0.1) is 0 Å². The van der Waals surface area contributed by atoms with E-state index >= 15 is 0 Å². The Labute approximate surface area is 89.4 Å². The third-order valence-corrected chi connectivity index (χ3v) is 2.78. The van der Waals surface area contributed by atoms with Crippen LogP contribution in [0.15, 0.2) is 18.2 Å². The maximum Gasteiger partial charge on any atom is 0.0410 e. The first-order chi connectivity index (χ1) is 6.65. The molecule has 0 fully saturated rings. The highest BCUT2D eigenvalue weighted by atomic mass is 35.5. The first-order valence-electron chi connectivity index (χ1n) is 4.95. The molecule has 1 aromatic carbocycles. The highest BCUT2D eigenvalue weighted by molar-refractivity contribution is 6.30. The molecule has 0 aliphatic carbocycles. The van der Waals surface area contributed by atoms with E-state index in [1.165, 1.54) is 11.3 Å². The molecule has 0 aromatic heterocycles. The Kier molecular flexibility index (Phi) is 2.66. The SMILES string of the molecule is CC(N)CC1Cc2cc(Cl)ccc2N1. The van der Waals surface area contributed by atoms with Crippen molar-refractivity contribution < 1.29 is 0 Å². The first-order valence-corrected chi connectivity index (χ1v) is 5.33. The maximum atomic E-state index is 5.92. The molecule has 2 rings (SSSR count). The Hall–Kier alpha value is -0.730. The summed E-state index contributed by atoms with van der Waals surface area (Å²) in [5, 5.41) is 4.27. The molecule has 0 saturated heterocycles. The minimum atomic E-state index is 0.247. The quantitative estimate of drug-likeness (QED) is 0.787. The Morgan fingerprint density at radius 3 is 3.14 bits per heavy atom. The second kappa shape index (κ2) is 3.79. The first kappa shape index (κ1) is 9.81. The zero-order valence-electron chi connectivity index (χ0n) is 8.26. The summed E-state index contributed by atoms with van der Waals surface area (Å²) < 4.78 is 0. The molecular formula is C11H15ClN2. The average molecular weight is 211 g/mol. The molecule has 3 N–H and O–H groups in total. The van der Waals surface area contributed by atoms with Crippen LogP contribution in [0.1, 0.15) is 18.9 Å². The van der Waals surface area contributed by atoms with Crippen LogP contribution in [0.4, 0.5) is 5.69 Å². The predicted molar refractivity (Wildman–Crippen MR) is 60.8 cm³/mol. The Morgan fingerprint density at radius 1 is 1.64 bits per heavy atom. The molecule has 0 bridgehead atoms. The monoisotopic (exact) mass is 210 g/mol. The second-order valence-corrected chi connectivity index (χ2v) is 4.50. The molecule has 3 heteroatoms. The number of rotatable bonds is 2. The van der Waals surface area contributed by atoms with E-state index in [0.29, 0.717) is 6.04 Å². The molecule has 0 spiro atoms. The van der Waals surface area contributed by atoms with Crippen molar-refractivity contribution in [1.29, 1.82) is 0 Å². The van der Waals surface area contributed by atoms with Gasteiger partial charge in [0.15, 0.2) is 0 Å². The molecular weight excluding hydrogens is 196 g/mol. The van der Waals surface area contributed by atoms with Crippen LogP contribution in [0.3, 0.4) is 0 Å². The summed E-state index contributed by atoms with van der Waals surface area (Å²) >= 11 is 5.92. The largest absolute Gasteiger partial charge is 0.382 e. The summed E-state index contributed by atoms with van der Waals surface area (Å²) in [5.41, 5.74) is 8.29. The normalized spacial score (nSPS) is 21.5. The second-order valence-electron chi connectivity index (χ2n) is 4.06. The zero-order chi connectivity index (χ0) is 10.1. The van der Waals surface area contributed by atoms with Crippen LogP contribution in [0.5, 0.6) is 0 Å². The van der Waals surface area contributed by atoms with Gasteiger partial charge in [0.2, 0.25) is 0 Å². The van der Waals surface area contributed by atoms with Gasteiger partial charge >= 0.3 is 0 Å². The van der Waals surface area contributed by atoms with Crippen LogP contribution in [-0.2, 0) is 6.42 Å². The Balaban J connectivity index is 2.10. The molecule has 1 aliphatic rings. The van der Waals surface area contributed by atoms with Gasteiger partial charge < -0.3 is 11.1 Å². The van der Waals surface area contributed by atoms with Crippen molar-refractivity contribution in [3.05, 3.63) is 28.8 Å².